The first-order chi connectivity index (χ1) is 9.09. The van der Waals surface area contributed by atoms with Gasteiger partial charge in [-0.15, -0.1) is 0 Å². The second-order valence-electron chi connectivity index (χ2n) is 4.79. The van der Waals surface area contributed by atoms with Crippen LogP contribution in [0.2, 0.25) is 0 Å². The van der Waals surface area contributed by atoms with Gasteiger partial charge in [-0.3, -0.25) is 4.79 Å². The summed E-state index contributed by atoms with van der Waals surface area (Å²) in [6, 6.07) is 6.36. The molecule has 1 heterocycles. The zero-order valence-electron chi connectivity index (χ0n) is 10.9. The predicted molar refractivity (Wildman–Crippen MR) is 72.4 cm³/mol. The molecule has 1 aromatic carbocycles. The summed E-state index contributed by atoms with van der Waals surface area (Å²) < 4.78 is 0. The molecule has 102 valence electrons. The van der Waals surface area contributed by atoms with Crippen molar-refractivity contribution >= 4 is 17.6 Å². The van der Waals surface area contributed by atoms with E-state index in [1.54, 1.807) is 24.1 Å². The lowest BCUT2D eigenvalue weighted by Gasteiger charge is -2.27. The van der Waals surface area contributed by atoms with Crippen LogP contribution in [0.15, 0.2) is 24.3 Å². The zero-order chi connectivity index (χ0) is 13.8. The third-order valence-corrected chi connectivity index (χ3v) is 3.48. The van der Waals surface area contributed by atoms with Gasteiger partial charge in [-0.05, 0) is 43.7 Å². The van der Waals surface area contributed by atoms with Crippen molar-refractivity contribution < 1.29 is 14.7 Å². The molecule has 0 unspecified atom stereocenters. The van der Waals surface area contributed by atoms with Gasteiger partial charge in [0.25, 0.3) is 0 Å². The Balaban J connectivity index is 2.07. The highest BCUT2D eigenvalue weighted by atomic mass is 16.4. The first-order valence-electron chi connectivity index (χ1n) is 6.41. The van der Waals surface area contributed by atoms with Crippen molar-refractivity contribution in [1.82, 2.24) is 5.32 Å². The van der Waals surface area contributed by atoms with Crippen LogP contribution < -0.4 is 10.2 Å². The van der Waals surface area contributed by atoms with E-state index in [9.17, 15) is 9.59 Å². The summed E-state index contributed by atoms with van der Waals surface area (Å²) in [5, 5.41) is 12.1. The van der Waals surface area contributed by atoms with Crippen LogP contribution in [0.5, 0.6) is 0 Å². The molecule has 19 heavy (non-hydrogen) atoms. The Morgan fingerprint density at radius 1 is 1.32 bits per heavy atom. The maximum Gasteiger partial charge on any atom is 0.335 e. The lowest BCUT2D eigenvalue weighted by molar-refractivity contribution is -0.122. The van der Waals surface area contributed by atoms with E-state index in [1.807, 2.05) is 0 Å². The van der Waals surface area contributed by atoms with Crippen molar-refractivity contribution in [1.29, 1.82) is 0 Å². The van der Waals surface area contributed by atoms with Crippen molar-refractivity contribution in [2.24, 2.45) is 5.92 Å². The van der Waals surface area contributed by atoms with E-state index < -0.39 is 5.97 Å². The summed E-state index contributed by atoms with van der Waals surface area (Å²) in [7, 11) is 1.73. The SMILES string of the molecule is CN(C(=O)[C@H]1CCCNC1)c1ccc(C(=O)O)cc1. The minimum atomic E-state index is -0.961. The van der Waals surface area contributed by atoms with Gasteiger partial charge in [0.15, 0.2) is 0 Å². The largest absolute Gasteiger partial charge is 0.478 e. The van der Waals surface area contributed by atoms with Crippen molar-refractivity contribution in [3.63, 3.8) is 0 Å². The number of rotatable bonds is 3. The molecule has 0 aliphatic carbocycles. The van der Waals surface area contributed by atoms with Crippen molar-refractivity contribution in [2.45, 2.75) is 12.8 Å². The fraction of sp³-hybridized carbons (Fsp3) is 0.429. The summed E-state index contributed by atoms with van der Waals surface area (Å²) in [6.07, 6.45) is 1.92. The molecule has 5 heteroatoms. The molecule has 0 radical (unpaired) electrons. The number of piperidine rings is 1. The van der Waals surface area contributed by atoms with E-state index in [4.69, 9.17) is 5.11 Å². The van der Waals surface area contributed by atoms with Gasteiger partial charge in [-0.1, -0.05) is 0 Å². The number of amides is 1. The highest BCUT2D eigenvalue weighted by Crippen LogP contribution is 2.19. The molecule has 0 aromatic heterocycles. The molecule has 1 fully saturated rings. The molecule has 0 saturated carbocycles. The number of hydrogen-bond acceptors (Lipinski definition) is 3. The number of nitrogens with one attached hydrogen (secondary N) is 1. The predicted octanol–water partition coefficient (Wildman–Crippen LogP) is 1.35. The number of carboxylic acids is 1. The Labute approximate surface area is 112 Å². The van der Waals surface area contributed by atoms with Crippen LogP contribution in [-0.2, 0) is 4.79 Å². The summed E-state index contributed by atoms with van der Waals surface area (Å²) >= 11 is 0. The quantitative estimate of drug-likeness (QED) is 0.862. The number of aromatic carboxylic acids is 1. The zero-order valence-corrected chi connectivity index (χ0v) is 10.9. The van der Waals surface area contributed by atoms with Gasteiger partial charge in [0.1, 0.15) is 0 Å². The minimum Gasteiger partial charge on any atom is -0.478 e. The smallest absolute Gasteiger partial charge is 0.335 e. The van der Waals surface area contributed by atoms with E-state index in [1.165, 1.54) is 12.1 Å². The maximum atomic E-state index is 12.3. The van der Waals surface area contributed by atoms with E-state index in [2.05, 4.69) is 5.32 Å². The first kappa shape index (κ1) is 13.5. The Kier molecular flexibility index (Phi) is 4.16. The van der Waals surface area contributed by atoms with Crippen LogP contribution >= 0.6 is 0 Å². The molecule has 1 aromatic rings. The first-order valence-corrected chi connectivity index (χ1v) is 6.41. The van der Waals surface area contributed by atoms with Crippen LogP contribution in [0.3, 0.4) is 0 Å². The van der Waals surface area contributed by atoms with Crippen LogP contribution in [0.4, 0.5) is 5.69 Å². The number of benzene rings is 1. The molecule has 2 N–H and O–H groups in total. The molecule has 1 amide bonds. The average Bonchev–Trinajstić information content (AvgIpc) is 2.46. The number of anilines is 1. The van der Waals surface area contributed by atoms with Crippen LogP contribution in [0, 0.1) is 5.92 Å². The van der Waals surface area contributed by atoms with Crippen molar-refractivity contribution in [3.8, 4) is 0 Å². The third kappa shape index (κ3) is 3.12. The fourth-order valence-corrected chi connectivity index (χ4v) is 2.29. The molecule has 0 spiro atoms. The van der Waals surface area contributed by atoms with Gasteiger partial charge >= 0.3 is 5.97 Å². The second-order valence-corrected chi connectivity index (χ2v) is 4.79. The Morgan fingerprint density at radius 2 is 2.00 bits per heavy atom. The highest BCUT2D eigenvalue weighted by molar-refractivity contribution is 5.95. The molecule has 5 nitrogen and oxygen atoms in total. The molecule has 0 bridgehead atoms. The van der Waals surface area contributed by atoms with Crippen LogP contribution in [0.1, 0.15) is 23.2 Å². The normalized spacial score (nSPS) is 18.9. The molecule has 1 saturated heterocycles. The second kappa shape index (κ2) is 5.84. The fourth-order valence-electron chi connectivity index (χ4n) is 2.29. The number of nitrogens with zero attached hydrogens (tertiary/aromatic N) is 1. The Morgan fingerprint density at radius 3 is 2.53 bits per heavy atom. The maximum absolute atomic E-state index is 12.3. The molecular weight excluding hydrogens is 244 g/mol. The average molecular weight is 262 g/mol. The van der Waals surface area contributed by atoms with Gasteiger partial charge in [-0.25, -0.2) is 4.79 Å². The lowest BCUT2D eigenvalue weighted by Crippen LogP contribution is -2.41. The summed E-state index contributed by atoms with van der Waals surface area (Å²) in [5.74, 6) is -0.870. The molecular formula is C14H18N2O3. The van der Waals surface area contributed by atoms with E-state index in [0.29, 0.717) is 0 Å². The molecule has 1 atom stereocenters. The number of hydrogen-bond donors (Lipinski definition) is 2. The van der Waals surface area contributed by atoms with E-state index >= 15 is 0 Å². The Bertz CT molecular complexity index is 464. The third-order valence-electron chi connectivity index (χ3n) is 3.48. The van der Waals surface area contributed by atoms with Crippen molar-refractivity contribution in [3.05, 3.63) is 29.8 Å². The van der Waals surface area contributed by atoms with Gasteiger partial charge in [0.2, 0.25) is 5.91 Å². The van der Waals surface area contributed by atoms with Crippen LogP contribution in [-0.4, -0.2) is 37.1 Å². The number of carbonyl (C=O) groups is 2. The summed E-state index contributed by atoms with van der Waals surface area (Å²) in [6.45, 7) is 1.69. The van der Waals surface area contributed by atoms with Crippen LogP contribution in [0.25, 0.3) is 0 Å². The lowest BCUT2D eigenvalue weighted by atomic mass is 9.98. The Hall–Kier alpha value is -1.88. The molecule has 2 rings (SSSR count). The topological polar surface area (TPSA) is 69.6 Å². The van der Waals surface area contributed by atoms with Crippen molar-refractivity contribution in [2.75, 3.05) is 25.0 Å². The standard InChI is InChI=1S/C14H18N2O3/c1-16(13(17)11-3-2-8-15-9-11)12-6-4-10(5-7-12)14(18)19/h4-7,11,15H,2-3,8-9H2,1H3,(H,18,19)/t11-/m0/s1. The molecule has 1 aliphatic rings. The summed E-state index contributed by atoms with van der Waals surface area (Å²) in [5.41, 5.74) is 0.949. The van der Waals surface area contributed by atoms with Gasteiger partial charge in [-0.2, -0.15) is 0 Å². The monoisotopic (exact) mass is 262 g/mol. The molecule has 1 aliphatic heterocycles. The van der Waals surface area contributed by atoms with E-state index in [0.717, 1.165) is 31.6 Å². The number of carbonyl (C=O) groups excluding carboxylic acids is 1. The van der Waals surface area contributed by atoms with Gasteiger partial charge in [0.05, 0.1) is 11.5 Å². The van der Waals surface area contributed by atoms with E-state index in [-0.39, 0.29) is 17.4 Å². The summed E-state index contributed by atoms with van der Waals surface area (Å²) in [4.78, 5) is 24.7. The van der Waals surface area contributed by atoms with Gasteiger partial charge in [0, 0.05) is 19.3 Å². The van der Waals surface area contributed by atoms with Gasteiger partial charge < -0.3 is 15.3 Å². The minimum absolute atomic E-state index is 0.0119. The highest BCUT2D eigenvalue weighted by Gasteiger charge is 2.24. The number of carboxylic acid groups (broad SMARTS) is 1.